The molecule has 3 N–H and O–H groups in total. The summed E-state index contributed by atoms with van der Waals surface area (Å²) < 4.78 is 0. The minimum absolute atomic E-state index is 0.372. The van der Waals surface area contributed by atoms with Gasteiger partial charge in [0.25, 0.3) is 0 Å². The highest BCUT2D eigenvalue weighted by Crippen LogP contribution is 2.26. The Morgan fingerprint density at radius 2 is 1.69 bits per heavy atom. The van der Waals surface area contributed by atoms with Gasteiger partial charge in [0.05, 0.1) is 6.54 Å². The van der Waals surface area contributed by atoms with E-state index in [9.17, 15) is 9.90 Å². The quantitative estimate of drug-likeness (QED) is 0.284. The van der Waals surface area contributed by atoms with E-state index >= 15 is 0 Å². The van der Waals surface area contributed by atoms with E-state index in [2.05, 4.69) is 37.9 Å². The lowest BCUT2D eigenvalue weighted by Crippen LogP contribution is -2.32. The number of aryl methyl sites for hydroxylation is 4. The third-order valence-corrected chi connectivity index (χ3v) is 6.71. The molecule has 0 aliphatic heterocycles. The molecule has 0 spiro atoms. The van der Waals surface area contributed by atoms with E-state index in [1.54, 1.807) is 6.20 Å². The Kier molecular flexibility index (Phi) is 7.41. The zero-order valence-corrected chi connectivity index (χ0v) is 21.1. The number of aliphatic carboxylic acids is 1. The average Bonchev–Trinajstić information content (AvgIpc) is 3.28. The smallest absolute Gasteiger partial charge is 0.326 e. The first-order valence-electron chi connectivity index (χ1n) is 11.4. The fraction of sp³-hybridized carbons (Fsp3) is 0.259. The summed E-state index contributed by atoms with van der Waals surface area (Å²) in [5.74, 6) is -0.0680. The van der Waals surface area contributed by atoms with Crippen LogP contribution in [0.15, 0.2) is 54.7 Å². The lowest BCUT2D eigenvalue weighted by molar-refractivity contribution is -0.137. The second-order valence-electron chi connectivity index (χ2n) is 8.78. The molecule has 2 heterocycles. The summed E-state index contributed by atoms with van der Waals surface area (Å²) in [7, 11) is 0. The van der Waals surface area contributed by atoms with Gasteiger partial charge in [-0.3, -0.25) is 0 Å². The van der Waals surface area contributed by atoms with Crippen molar-refractivity contribution in [2.45, 2.75) is 46.7 Å². The first-order chi connectivity index (χ1) is 16.8. The molecule has 35 heavy (non-hydrogen) atoms. The maximum atomic E-state index is 12.0. The molecule has 0 saturated heterocycles. The Labute approximate surface area is 209 Å². The lowest BCUT2D eigenvalue weighted by atomic mass is 10.0. The first-order valence-corrected chi connectivity index (χ1v) is 12.3. The number of rotatable bonds is 9. The van der Waals surface area contributed by atoms with Crippen molar-refractivity contribution in [3.8, 4) is 10.6 Å². The molecular formula is C27H29N5O2S. The van der Waals surface area contributed by atoms with Gasteiger partial charge in [-0.25, -0.2) is 9.78 Å². The highest BCUT2D eigenvalue weighted by atomic mass is 32.1. The van der Waals surface area contributed by atoms with Crippen LogP contribution in [0.2, 0.25) is 0 Å². The minimum atomic E-state index is -0.877. The van der Waals surface area contributed by atoms with Gasteiger partial charge in [0.2, 0.25) is 0 Å². The van der Waals surface area contributed by atoms with Crippen LogP contribution in [0.3, 0.4) is 0 Å². The standard InChI is InChI=1S/C27H29N5O2S/c1-16-9-10-28-23(13-16)29-15-24-31-32-26(35-24)21-7-5-20(6-8-21)14-22(27(33)34)30-25-18(3)11-17(2)12-19(25)4/h5-13,22,30H,14-15H2,1-4H3,(H,28,29)(H,33,34). The molecule has 0 bridgehead atoms. The summed E-state index contributed by atoms with van der Waals surface area (Å²) in [6.07, 6.45) is 2.15. The summed E-state index contributed by atoms with van der Waals surface area (Å²) in [4.78, 5) is 16.3. The van der Waals surface area contributed by atoms with Gasteiger partial charge in [-0.1, -0.05) is 53.3 Å². The van der Waals surface area contributed by atoms with E-state index in [4.69, 9.17) is 0 Å². The second-order valence-corrected chi connectivity index (χ2v) is 9.84. The summed E-state index contributed by atoms with van der Waals surface area (Å²) >= 11 is 1.52. The lowest BCUT2D eigenvalue weighted by Gasteiger charge is -2.20. The number of carboxylic acids is 1. The van der Waals surface area contributed by atoms with Crippen molar-refractivity contribution in [2.24, 2.45) is 0 Å². The molecule has 0 amide bonds. The molecule has 4 rings (SSSR count). The number of nitrogens with one attached hydrogen (secondary N) is 2. The highest BCUT2D eigenvalue weighted by Gasteiger charge is 2.20. The van der Waals surface area contributed by atoms with Crippen LogP contribution < -0.4 is 10.6 Å². The fourth-order valence-electron chi connectivity index (χ4n) is 4.04. The van der Waals surface area contributed by atoms with Crippen LogP contribution >= 0.6 is 11.3 Å². The predicted octanol–water partition coefficient (Wildman–Crippen LogP) is 5.55. The van der Waals surface area contributed by atoms with E-state index in [0.717, 1.165) is 54.9 Å². The zero-order chi connectivity index (χ0) is 24.9. The van der Waals surface area contributed by atoms with E-state index in [0.29, 0.717) is 13.0 Å². The minimum Gasteiger partial charge on any atom is -0.480 e. The molecule has 4 aromatic rings. The third-order valence-electron chi connectivity index (χ3n) is 5.74. The van der Waals surface area contributed by atoms with Crippen molar-refractivity contribution < 1.29 is 9.90 Å². The molecule has 0 saturated carbocycles. The SMILES string of the molecule is Cc1ccnc(NCc2nnc(-c3ccc(CC(Nc4c(C)cc(C)cc4C)C(=O)O)cc3)s2)c1. The number of carboxylic acid groups (broad SMARTS) is 1. The Balaban J connectivity index is 1.41. The first kappa shape index (κ1) is 24.3. The van der Waals surface area contributed by atoms with Crippen LogP contribution in [0.25, 0.3) is 10.6 Å². The largest absolute Gasteiger partial charge is 0.480 e. The summed E-state index contributed by atoms with van der Waals surface area (Å²) in [5, 5.41) is 26.6. The molecule has 1 unspecified atom stereocenters. The molecule has 0 aliphatic rings. The maximum absolute atomic E-state index is 12.0. The molecule has 0 aliphatic carbocycles. The molecular weight excluding hydrogens is 458 g/mol. The summed E-state index contributed by atoms with van der Waals surface area (Å²) in [6, 6.07) is 15.2. The van der Waals surface area contributed by atoms with Gasteiger partial charge in [0.15, 0.2) is 0 Å². The predicted molar refractivity (Wildman–Crippen MR) is 141 cm³/mol. The Morgan fingerprint density at radius 3 is 2.34 bits per heavy atom. The van der Waals surface area contributed by atoms with Crippen molar-refractivity contribution in [2.75, 3.05) is 10.6 Å². The Hall–Kier alpha value is -3.78. The highest BCUT2D eigenvalue weighted by molar-refractivity contribution is 7.14. The number of benzene rings is 2. The summed E-state index contributed by atoms with van der Waals surface area (Å²) in [5.41, 5.74) is 7.17. The van der Waals surface area contributed by atoms with Gasteiger partial charge in [-0.15, -0.1) is 10.2 Å². The monoisotopic (exact) mass is 487 g/mol. The van der Waals surface area contributed by atoms with Crippen molar-refractivity contribution in [1.29, 1.82) is 0 Å². The Morgan fingerprint density at radius 1 is 0.971 bits per heavy atom. The normalized spacial score (nSPS) is 11.8. The van der Waals surface area contributed by atoms with Gasteiger partial charge in [0.1, 0.15) is 21.9 Å². The van der Waals surface area contributed by atoms with E-state index < -0.39 is 12.0 Å². The van der Waals surface area contributed by atoms with Crippen LogP contribution in [0.5, 0.6) is 0 Å². The van der Waals surface area contributed by atoms with Gasteiger partial charge < -0.3 is 15.7 Å². The molecule has 180 valence electrons. The molecule has 1 atom stereocenters. The number of pyridine rings is 1. The van der Waals surface area contributed by atoms with Gasteiger partial charge in [-0.05, 0) is 62.1 Å². The molecule has 2 aromatic heterocycles. The number of anilines is 2. The topological polar surface area (TPSA) is 100 Å². The van der Waals surface area contributed by atoms with Crippen LogP contribution in [0, 0.1) is 27.7 Å². The van der Waals surface area contributed by atoms with Gasteiger partial charge in [0, 0.05) is 23.9 Å². The summed E-state index contributed by atoms with van der Waals surface area (Å²) in [6.45, 7) is 8.62. The number of hydrogen-bond donors (Lipinski definition) is 3. The number of carbonyl (C=O) groups is 1. The maximum Gasteiger partial charge on any atom is 0.326 e. The molecule has 2 aromatic carbocycles. The second kappa shape index (κ2) is 10.7. The van der Waals surface area contributed by atoms with E-state index in [1.165, 1.54) is 11.3 Å². The number of aromatic nitrogens is 3. The molecule has 8 heteroatoms. The Bertz CT molecular complexity index is 1310. The molecule has 7 nitrogen and oxygen atoms in total. The average molecular weight is 488 g/mol. The van der Waals surface area contributed by atoms with Crippen molar-refractivity contribution in [3.63, 3.8) is 0 Å². The van der Waals surface area contributed by atoms with E-state index in [1.807, 2.05) is 64.1 Å². The van der Waals surface area contributed by atoms with Crippen molar-refractivity contribution in [1.82, 2.24) is 15.2 Å². The zero-order valence-electron chi connectivity index (χ0n) is 20.3. The van der Waals surface area contributed by atoms with Crippen molar-refractivity contribution >= 4 is 28.8 Å². The number of hydrogen-bond acceptors (Lipinski definition) is 7. The molecule has 0 fully saturated rings. The fourth-order valence-corrected chi connectivity index (χ4v) is 4.83. The van der Waals surface area contributed by atoms with Crippen LogP contribution in [0.4, 0.5) is 11.5 Å². The van der Waals surface area contributed by atoms with Gasteiger partial charge >= 0.3 is 5.97 Å². The van der Waals surface area contributed by atoms with Crippen LogP contribution in [-0.2, 0) is 17.8 Å². The van der Waals surface area contributed by atoms with Crippen LogP contribution in [-0.4, -0.2) is 32.3 Å². The van der Waals surface area contributed by atoms with Crippen molar-refractivity contribution in [3.05, 3.63) is 87.6 Å². The number of nitrogens with zero attached hydrogens (tertiary/aromatic N) is 3. The van der Waals surface area contributed by atoms with E-state index in [-0.39, 0.29) is 0 Å². The third kappa shape index (κ3) is 6.22. The van der Waals surface area contributed by atoms with Gasteiger partial charge in [-0.2, -0.15) is 0 Å². The molecule has 0 radical (unpaired) electrons. The van der Waals surface area contributed by atoms with Crippen LogP contribution in [0.1, 0.15) is 32.8 Å².